The third-order valence-electron chi connectivity index (χ3n) is 8.20. The average molecular weight is 439 g/mol. The van der Waals surface area contributed by atoms with E-state index in [1.54, 1.807) is 6.07 Å². The summed E-state index contributed by atoms with van der Waals surface area (Å²) in [4.78, 5) is 0. The van der Waals surface area contributed by atoms with Crippen LogP contribution in [0.15, 0.2) is 48.5 Å². The van der Waals surface area contributed by atoms with Gasteiger partial charge in [-0.25, -0.2) is 4.39 Å². The van der Waals surface area contributed by atoms with Crippen LogP contribution >= 0.6 is 0 Å². The molecule has 1 saturated carbocycles. The zero-order chi connectivity index (χ0) is 22.3. The highest BCUT2D eigenvalue weighted by atomic mass is 19.1. The number of likely N-dealkylation sites (tertiary alicyclic amines) is 1. The number of hydrogen-bond donors (Lipinski definition) is 0. The Morgan fingerprint density at radius 1 is 0.844 bits per heavy atom. The van der Waals surface area contributed by atoms with Crippen molar-refractivity contribution in [3.05, 3.63) is 65.5 Å². The van der Waals surface area contributed by atoms with Crippen molar-refractivity contribution in [3.8, 4) is 5.75 Å². The molecule has 32 heavy (non-hydrogen) atoms. The minimum absolute atomic E-state index is 0.234. The lowest BCUT2D eigenvalue weighted by atomic mass is 9.79. The van der Waals surface area contributed by atoms with Crippen molar-refractivity contribution in [1.29, 1.82) is 0 Å². The van der Waals surface area contributed by atoms with Gasteiger partial charge in [-0.1, -0.05) is 55.3 Å². The molecule has 3 heteroatoms. The first kappa shape index (κ1) is 23.3. The molecule has 0 N–H and O–H groups in total. The number of ether oxygens (including phenoxy) is 1. The van der Waals surface area contributed by atoms with Crippen molar-refractivity contribution in [2.45, 2.75) is 77.7 Å². The Labute approximate surface area is 194 Å². The SMILES string of the molecule is Cc1cccc(F)c1OCCC1(CC[N+]2(Cc3ccccc3)CCCCCC2)CCCC1. The maximum absolute atomic E-state index is 14.2. The highest BCUT2D eigenvalue weighted by Crippen LogP contribution is 2.45. The van der Waals surface area contributed by atoms with Crippen LogP contribution in [0.25, 0.3) is 0 Å². The molecule has 0 spiro atoms. The molecule has 174 valence electrons. The van der Waals surface area contributed by atoms with Gasteiger partial charge in [0.1, 0.15) is 6.54 Å². The molecular weight excluding hydrogens is 397 g/mol. The van der Waals surface area contributed by atoms with Gasteiger partial charge in [-0.3, -0.25) is 0 Å². The standard InChI is InChI=1S/C29H41FNO/c1-25-12-11-15-27(30)28(25)32-23-19-29(16-7-8-17-29)18-22-31(20-9-2-3-10-21-31)24-26-13-5-4-6-14-26/h4-6,11-15H,2-3,7-10,16-24H2,1H3/q+1. The lowest BCUT2D eigenvalue weighted by molar-refractivity contribution is -0.941. The Balaban J connectivity index is 1.42. The number of nitrogens with zero attached hydrogens (tertiary/aromatic N) is 1. The van der Waals surface area contributed by atoms with E-state index in [4.69, 9.17) is 4.74 Å². The summed E-state index contributed by atoms with van der Waals surface area (Å²) in [5.74, 6) is 0.211. The lowest BCUT2D eigenvalue weighted by Gasteiger charge is -2.41. The molecule has 2 aromatic carbocycles. The van der Waals surface area contributed by atoms with E-state index >= 15 is 0 Å². The van der Waals surface area contributed by atoms with Crippen LogP contribution in [0.2, 0.25) is 0 Å². The summed E-state index contributed by atoms with van der Waals surface area (Å²) in [6, 6.07) is 16.3. The van der Waals surface area contributed by atoms with E-state index in [0.29, 0.717) is 17.8 Å². The van der Waals surface area contributed by atoms with Crippen molar-refractivity contribution in [3.63, 3.8) is 0 Å². The summed E-state index contributed by atoms with van der Waals surface area (Å²) in [6.45, 7) is 7.63. The number of halogens is 1. The van der Waals surface area contributed by atoms with Crippen LogP contribution in [0.5, 0.6) is 5.75 Å². The third kappa shape index (κ3) is 5.92. The molecule has 2 aromatic rings. The van der Waals surface area contributed by atoms with E-state index in [1.807, 2.05) is 13.0 Å². The van der Waals surface area contributed by atoms with Crippen LogP contribution in [-0.2, 0) is 6.54 Å². The van der Waals surface area contributed by atoms with Gasteiger partial charge in [0.15, 0.2) is 11.6 Å². The fraction of sp³-hybridized carbons (Fsp3) is 0.586. The largest absolute Gasteiger partial charge is 0.490 e. The van der Waals surface area contributed by atoms with Gasteiger partial charge < -0.3 is 9.22 Å². The number of quaternary nitrogens is 1. The van der Waals surface area contributed by atoms with Crippen molar-refractivity contribution in [1.82, 2.24) is 0 Å². The number of benzene rings is 2. The van der Waals surface area contributed by atoms with Gasteiger partial charge in [-0.2, -0.15) is 0 Å². The van der Waals surface area contributed by atoms with Crippen LogP contribution in [-0.4, -0.2) is 30.7 Å². The molecule has 0 radical (unpaired) electrons. The third-order valence-corrected chi connectivity index (χ3v) is 8.20. The van der Waals surface area contributed by atoms with Gasteiger partial charge in [0.2, 0.25) is 0 Å². The molecule has 0 unspecified atom stereocenters. The van der Waals surface area contributed by atoms with Gasteiger partial charge in [0.05, 0.1) is 26.2 Å². The zero-order valence-electron chi connectivity index (χ0n) is 20.0. The lowest BCUT2D eigenvalue weighted by Crippen LogP contribution is -2.50. The molecule has 4 rings (SSSR count). The average Bonchev–Trinajstić information content (AvgIpc) is 3.14. The second kappa shape index (κ2) is 10.8. The summed E-state index contributed by atoms with van der Waals surface area (Å²) in [7, 11) is 0. The molecule has 1 aliphatic carbocycles. The Morgan fingerprint density at radius 3 is 2.25 bits per heavy atom. The molecule has 2 fully saturated rings. The van der Waals surface area contributed by atoms with Gasteiger partial charge in [0.25, 0.3) is 0 Å². The van der Waals surface area contributed by atoms with E-state index in [2.05, 4.69) is 30.3 Å². The van der Waals surface area contributed by atoms with E-state index in [9.17, 15) is 4.39 Å². The molecule has 1 saturated heterocycles. The maximum atomic E-state index is 14.2. The van der Waals surface area contributed by atoms with Gasteiger partial charge in [-0.15, -0.1) is 0 Å². The number of rotatable bonds is 9. The minimum Gasteiger partial charge on any atom is -0.490 e. The first-order valence-corrected chi connectivity index (χ1v) is 12.9. The summed E-state index contributed by atoms with van der Waals surface area (Å²) < 4.78 is 21.5. The van der Waals surface area contributed by atoms with Crippen molar-refractivity contribution >= 4 is 0 Å². The van der Waals surface area contributed by atoms with Crippen LogP contribution in [0.4, 0.5) is 4.39 Å². The maximum Gasteiger partial charge on any atom is 0.165 e. The highest BCUT2D eigenvalue weighted by molar-refractivity contribution is 5.33. The van der Waals surface area contributed by atoms with Gasteiger partial charge >= 0.3 is 0 Å². The smallest absolute Gasteiger partial charge is 0.165 e. The monoisotopic (exact) mass is 438 g/mol. The molecule has 0 atom stereocenters. The first-order valence-electron chi connectivity index (χ1n) is 12.9. The predicted molar refractivity (Wildman–Crippen MR) is 130 cm³/mol. The van der Waals surface area contributed by atoms with E-state index in [-0.39, 0.29) is 5.82 Å². The van der Waals surface area contributed by atoms with Crippen molar-refractivity contribution in [2.24, 2.45) is 5.41 Å². The Hall–Kier alpha value is -1.87. The number of para-hydroxylation sites is 1. The van der Waals surface area contributed by atoms with Crippen LogP contribution in [0.3, 0.4) is 0 Å². The minimum atomic E-state index is -0.234. The second-order valence-electron chi connectivity index (χ2n) is 10.5. The van der Waals surface area contributed by atoms with Gasteiger partial charge in [-0.05, 0) is 68.9 Å². The molecule has 2 nitrogen and oxygen atoms in total. The molecular formula is C29H41FNO+. The predicted octanol–water partition coefficient (Wildman–Crippen LogP) is 7.44. The summed E-state index contributed by atoms with van der Waals surface area (Å²) in [5, 5.41) is 0. The highest BCUT2D eigenvalue weighted by Gasteiger charge is 2.38. The van der Waals surface area contributed by atoms with Crippen LogP contribution in [0.1, 0.15) is 75.3 Å². The molecule has 0 bridgehead atoms. The number of aryl methyl sites for hydroxylation is 1. The quantitative estimate of drug-likeness (QED) is 0.370. The van der Waals surface area contributed by atoms with Gasteiger partial charge in [0, 0.05) is 12.0 Å². The van der Waals surface area contributed by atoms with Crippen molar-refractivity contribution < 1.29 is 13.6 Å². The van der Waals surface area contributed by atoms with Crippen LogP contribution < -0.4 is 4.74 Å². The van der Waals surface area contributed by atoms with Crippen LogP contribution in [0, 0.1) is 18.2 Å². The van der Waals surface area contributed by atoms with Crippen molar-refractivity contribution in [2.75, 3.05) is 26.2 Å². The van der Waals surface area contributed by atoms with E-state index in [1.165, 1.54) is 100 Å². The molecule has 0 amide bonds. The fourth-order valence-corrected chi connectivity index (χ4v) is 6.18. The molecule has 2 aliphatic rings. The summed E-state index contributed by atoms with van der Waals surface area (Å²) in [5.41, 5.74) is 2.74. The summed E-state index contributed by atoms with van der Waals surface area (Å²) in [6.07, 6.45) is 13.1. The molecule has 1 heterocycles. The first-order chi connectivity index (χ1) is 15.6. The fourth-order valence-electron chi connectivity index (χ4n) is 6.18. The zero-order valence-corrected chi connectivity index (χ0v) is 20.0. The molecule has 1 aliphatic heterocycles. The topological polar surface area (TPSA) is 9.23 Å². The normalized spacial score (nSPS) is 20.1. The number of hydrogen-bond acceptors (Lipinski definition) is 1. The molecule has 0 aromatic heterocycles. The summed E-state index contributed by atoms with van der Waals surface area (Å²) >= 11 is 0. The second-order valence-corrected chi connectivity index (χ2v) is 10.5. The van der Waals surface area contributed by atoms with E-state index in [0.717, 1.165) is 12.0 Å². The van der Waals surface area contributed by atoms with E-state index < -0.39 is 0 Å². The Bertz CT molecular complexity index is 815. The Kier molecular flexibility index (Phi) is 7.88. The Morgan fingerprint density at radius 2 is 1.56 bits per heavy atom.